The molecule has 0 unspecified atom stereocenters. The summed E-state index contributed by atoms with van der Waals surface area (Å²) >= 11 is 0. The first kappa shape index (κ1) is 15.6. The number of hydrazine groups is 1. The molecule has 1 aromatic heterocycles. The van der Waals surface area contributed by atoms with Crippen molar-refractivity contribution in [3.63, 3.8) is 0 Å². The number of nitrogen functional groups attached to an aromatic ring is 1. The van der Waals surface area contributed by atoms with Gasteiger partial charge in [-0.1, -0.05) is 0 Å². The third-order valence-corrected chi connectivity index (χ3v) is 3.11. The second-order valence-corrected chi connectivity index (χ2v) is 5.19. The molecule has 0 aliphatic carbocycles. The van der Waals surface area contributed by atoms with Gasteiger partial charge in [-0.15, -0.1) is 0 Å². The van der Waals surface area contributed by atoms with Crippen LogP contribution >= 0.6 is 0 Å². The van der Waals surface area contributed by atoms with Crippen LogP contribution in [-0.4, -0.2) is 48.2 Å². The molecule has 0 saturated heterocycles. The van der Waals surface area contributed by atoms with Crippen LogP contribution in [-0.2, 0) is 11.3 Å². The third-order valence-electron chi connectivity index (χ3n) is 3.11. The Morgan fingerprint density at radius 2 is 1.95 bits per heavy atom. The van der Waals surface area contributed by atoms with Crippen molar-refractivity contribution >= 4 is 11.6 Å². The van der Waals surface area contributed by atoms with Gasteiger partial charge in [0.15, 0.2) is 5.82 Å². The quantitative estimate of drug-likeness (QED) is 0.494. The molecule has 0 spiro atoms. The summed E-state index contributed by atoms with van der Waals surface area (Å²) in [4.78, 5) is 10.7. The minimum atomic E-state index is 0.0165. The summed E-state index contributed by atoms with van der Waals surface area (Å²) < 4.78 is 5.04. The molecule has 0 aromatic carbocycles. The molecule has 0 amide bonds. The fraction of sp³-hybridized carbons (Fsp3) is 0.667. The van der Waals surface area contributed by atoms with Crippen molar-refractivity contribution in [2.75, 3.05) is 38.5 Å². The normalized spacial score (nSPS) is 11.7. The second-order valence-electron chi connectivity index (χ2n) is 5.19. The molecule has 7 heteroatoms. The molecular formula is C12H24N6O. The fourth-order valence-electron chi connectivity index (χ4n) is 1.32. The lowest BCUT2D eigenvalue weighted by molar-refractivity contribution is 0.178. The molecule has 108 valence electrons. The van der Waals surface area contributed by atoms with E-state index in [2.05, 4.69) is 39.5 Å². The molecular weight excluding hydrogens is 244 g/mol. The lowest BCUT2D eigenvalue weighted by atomic mass is 10.0. The van der Waals surface area contributed by atoms with Crippen LogP contribution in [0.5, 0.6) is 0 Å². The van der Waals surface area contributed by atoms with Crippen molar-refractivity contribution in [2.24, 2.45) is 5.84 Å². The summed E-state index contributed by atoms with van der Waals surface area (Å²) in [7, 11) is 5.70. The van der Waals surface area contributed by atoms with Crippen molar-refractivity contribution in [3.8, 4) is 0 Å². The van der Waals surface area contributed by atoms with Crippen LogP contribution < -0.4 is 16.6 Å². The lowest BCUT2D eigenvalue weighted by Crippen LogP contribution is -2.44. The summed E-state index contributed by atoms with van der Waals surface area (Å²) in [6.45, 7) is 5.41. The lowest BCUT2D eigenvalue weighted by Gasteiger charge is -2.32. The van der Waals surface area contributed by atoms with Crippen molar-refractivity contribution in [3.05, 3.63) is 11.9 Å². The Morgan fingerprint density at radius 1 is 1.32 bits per heavy atom. The number of aromatic nitrogens is 2. The van der Waals surface area contributed by atoms with E-state index < -0.39 is 0 Å². The van der Waals surface area contributed by atoms with E-state index in [1.165, 1.54) is 0 Å². The topological polar surface area (TPSA) is 88.3 Å². The highest BCUT2D eigenvalue weighted by Crippen LogP contribution is 2.14. The van der Waals surface area contributed by atoms with Crippen molar-refractivity contribution in [2.45, 2.75) is 26.0 Å². The zero-order valence-corrected chi connectivity index (χ0v) is 12.3. The SMILES string of the molecule is COCc1nc(NN)cc(NCC(C)(C)N(C)C)n1. The molecule has 0 atom stereocenters. The fourth-order valence-corrected chi connectivity index (χ4v) is 1.32. The van der Waals surface area contributed by atoms with E-state index in [-0.39, 0.29) is 5.54 Å². The summed E-state index contributed by atoms with van der Waals surface area (Å²) in [5.74, 6) is 7.27. The predicted molar refractivity (Wildman–Crippen MR) is 76.8 cm³/mol. The number of hydrogen-bond donors (Lipinski definition) is 3. The molecule has 0 aliphatic heterocycles. The van der Waals surface area contributed by atoms with Gasteiger partial charge in [-0.2, -0.15) is 0 Å². The van der Waals surface area contributed by atoms with E-state index in [1.807, 2.05) is 14.1 Å². The van der Waals surface area contributed by atoms with Gasteiger partial charge in [0.25, 0.3) is 0 Å². The summed E-state index contributed by atoms with van der Waals surface area (Å²) in [6.07, 6.45) is 0. The van der Waals surface area contributed by atoms with E-state index in [4.69, 9.17) is 10.6 Å². The minimum Gasteiger partial charge on any atom is -0.377 e. The van der Waals surface area contributed by atoms with Gasteiger partial charge in [0, 0.05) is 25.3 Å². The number of methoxy groups -OCH3 is 1. The average molecular weight is 268 g/mol. The summed E-state index contributed by atoms with van der Waals surface area (Å²) in [6, 6.07) is 1.77. The van der Waals surface area contributed by atoms with Gasteiger partial charge in [0.2, 0.25) is 0 Å². The molecule has 0 saturated carbocycles. The van der Waals surface area contributed by atoms with Gasteiger partial charge in [0.05, 0.1) is 0 Å². The van der Waals surface area contributed by atoms with Gasteiger partial charge in [0.1, 0.15) is 18.2 Å². The van der Waals surface area contributed by atoms with E-state index in [1.54, 1.807) is 13.2 Å². The van der Waals surface area contributed by atoms with Crippen molar-refractivity contribution < 1.29 is 4.74 Å². The smallest absolute Gasteiger partial charge is 0.158 e. The molecule has 4 N–H and O–H groups in total. The van der Waals surface area contributed by atoms with Crippen molar-refractivity contribution in [1.29, 1.82) is 0 Å². The van der Waals surface area contributed by atoms with Crippen molar-refractivity contribution in [1.82, 2.24) is 14.9 Å². The Morgan fingerprint density at radius 3 is 2.47 bits per heavy atom. The maximum Gasteiger partial charge on any atom is 0.158 e. The van der Waals surface area contributed by atoms with Gasteiger partial charge < -0.3 is 20.4 Å². The maximum absolute atomic E-state index is 5.40. The Balaban J connectivity index is 2.80. The van der Waals surface area contributed by atoms with E-state index in [0.717, 1.165) is 12.4 Å². The van der Waals surface area contributed by atoms with Crippen LogP contribution in [0.1, 0.15) is 19.7 Å². The van der Waals surface area contributed by atoms with Crippen LogP contribution in [0.2, 0.25) is 0 Å². The first-order valence-electron chi connectivity index (χ1n) is 6.14. The molecule has 19 heavy (non-hydrogen) atoms. The highest BCUT2D eigenvalue weighted by molar-refractivity contribution is 5.47. The van der Waals surface area contributed by atoms with Gasteiger partial charge in [-0.25, -0.2) is 15.8 Å². The number of nitrogens with one attached hydrogen (secondary N) is 2. The van der Waals surface area contributed by atoms with Gasteiger partial charge in [-0.05, 0) is 27.9 Å². The second kappa shape index (κ2) is 6.65. The largest absolute Gasteiger partial charge is 0.377 e. The number of nitrogens with zero attached hydrogens (tertiary/aromatic N) is 3. The Hall–Kier alpha value is -1.44. The molecule has 0 bridgehead atoms. The third kappa shape index (κ3) is 4.62. The number of anilines is 2. The first-order chi connectivity index (χ1) is 8.89. The molecule has 0 fully saturated rings. The average Bonchev–Trinajstić information content (AvgIpc) is 2.36. The minimum absolute atomic E-state index is 0.0165. The van der Waals surface area contributed by atoms with Crippen LogP contribution in [0, 0.1) is 0 Å². The van der Waals surface area contributed by atoms with E-state index in [0.29, 0.717) is 18.2 Å². The monoisotopic (exact) mass is 268 g/mol. The zero-order chi connectivity index (χ0) is 14.5. The molecule has 7 nitrogen and oxygen atoms in total. The highest BCUT2D eigenvalue weighted by atomic mass is 16.5. The Bertz CT molecular complexity index is 407. The molecule has 1 rings (SSSR count). The Labute approximate surface area is 114 Å². The Kier molecular flexibility index (Phi) is 5.46. The van der Waals surface area contributed by atoms with Gasteiger partial charge in [-0.3, -0.25) is 0 Å². The van der Waals surface area contributed by atoms with Crippen LogP contribution in [0.3, 0.4) is 0 Å². The molecule has 0 aliphatic rings. The highest BCUT2D eigenvalue weighted by Gasteiger charge is 2.20. The predicted octanol–water partition coefficient (Wildman–Crippen LogP) is 0.661. The number of rotatable bonds is 7. The zero-order valence-electron chi connectivity index (χ0n) is 12.3. The summed E-state index contributed by atoms with van der Waals surface area (Å²) in [5, 5.41) is 3.30. The number of hydrogen-bond acceptors (Lipinski definition) is 7. The van der Waals surface area contributed by atoms with Crippen LogP contribution in [0.15, 0.2) is 6.07 Å². The maximum atomic E-state index is 5.40. The first-order valence-corrected chi connectivity index (χ1v) is 6.14. The van der Waals surface area contributed by atoms with E-state index in [9.17, 15) is 0 Å². The van der Waals surface area contributed by atoms with E-state index >= 15 is 0 Å². The molecule has 0 radical (unpaired) electrons. The number of likely N-dealkylation sites (N-methyl/N-ethyl adjacent to an activating group) is 1. The van der Waals surface area contributed by atoms with Crippen LogP contribution in [0.4, 0.5) is 11.6 Å². The molecule has 1 aromatic rings. The number of ether oxygens (including phenoxy) is 1. The molecule has 1 heterocycles. The number of nitrogens with two attached hydrogens (primary N) is 1. The van der Waals surface area contributed by atoms with Crippen LogP contribution in [0.25, 0.3) is 0 Å². The van der Waals surface area contributed by atoms with Gasteiger partial charge >= 0.3 is 0 Å². The standard InChI is InChI=1S/C12H24N6O/c1-12(2,18(3)4)8-14-9-6-10(17-13)16-11(15-9)7-19-5/h6H,7-8,13H2,1-5H3,(H2,14,15,16,17). The summed E-state index contributed by atoms with van der Waals surface area (Å²) in [5.41, 5.74) is 2.55.